The zero-order valence-corrected chi connectivity index (χ0v) is 18.1. The second-order valence-electron chi connectivity index (χ2n) is 7.87. The van der Waals surface area contributed by atoms with Crippen LogP contribution in [0.2, 0.25) is 0 Å². The van der Waals surface area contributed by atoms with Gasteiger partial charge in [-0.05, 0) is 56.9 Å². The number of anilines is 1. The van der Waals surface area contributed by atoms with Gasteiger partial charge in [0.15, 0.2) is 0 Å². The quantitative estimate of drug-likeness (QED) is 0.634. The van der Waals surface area contributed by atoms with E-state index in [4.69, 9.17) is 4.74 Å². The third kappa shape index (κ3) is 4.87. The van der Waals surface area contributed by atoms with Crippen molar-refractivity contribution in [3.05, 3.63) is 60.7 Å². The molecule has 0 aliphatic carbocycles. The second-order valence-corrected chi connectivity index (χ2v) is 7.87. The van der Waals surface area contributed by atoms with E-state index in [0.717, 1.165) is 49.6 Å². The van der Waals surface area contributed by atoms with Gasteiger partial charge in [0, 0.05) is 49.5 Å². The van der Waals surface area contributed by atoms with Crippen LogP contribution in [-0.4, -0.2) is 45.2 Å². The summed E-state index contributed by atoms with van der Waals surface area (Å²) in [4.78, 5) is 23.5. The molecule has 1 aliphatic rings. The van der Waals surface area contributed by atoms with Crippen molar-refractivity contribution in [1.82, 2.24) is 19.4 Å². The number of benzene rings is 1. The molecule has 7 nitrogen and oxygen atoms in total. The molecular formula is C24H29N5O2. The molecule has 0 saturated carbocycles. The summed E-state index contributed by atoms with van der Waals surface area (Å²) in [6.07, 6.45) is 7.47. The summed E-state index contributed by atoms with van der Waals surface area (Å²) >= 11 is 0. The normalized spacial score (nSPS) is 14.5. The standard InChI is InChI=1S/C24H29N5O2/c1-3-31-22-9-5-4-8-21(22)27-24(30)28-13-10-19(11-14-28)17-29-18(2)15-26-23(29)20-7-6-12-25-16-20/h4-9,12,15-16,19H,3,10-11,13-14,17H2,1-2H3,(H,27,30). The maximum Gasteiger partial charge on any atom is 0.321 e. The molecule has 1 saturated heterocycles. The smallest absolute Gasteiger partial charge is 0.321 e. The molecule has 0 unspecified atom stereocenters. The molecule has 1 aliphatic heterocycles. The highest BCUT2D eigenvalue weighted by Crippen LogP contribution is 2.27. The molecule has 4 rings (SSSR count). The van der Waals surface area contributed by atoms with Crippen LogP contribution in [0.1, 0.15) is 25.5 Å². The first-order valence-corrected chi connectivity index (χ1v) is 10.9. The Hall–Kier alpha value is -3.35. The number of ether oxygens (including phenoxy) is 1. The maximum atomic E-state index is 12.8. The Bertz CT molecular complexity index is 1010. The van der Waals surface area contributed by atoms with Crippen LogP contribution in [0.4, 0.5) is 10.5 Å². The molecule has 0 bridgehead atoms. The largest absolute Gasteiger partial charge is 0.492 e. The van der Waals surface area contributed by atoms with Gasteiger partial charge in [0.2, 0.25) is 0 Å². The van der Waals surface area contributed by atoms with Gasteiger partial charge in [-0.2, -0.15) is 0 Å². The molecular weight excluding hydrogens is 390 g/mol. The van der Waals surface area contributed by atoms with E-state index >= 15 is 0 Å². The SMILES string of the molecule is CCOc1ccccc1NC(=O)N1CCC(Cn2c(C)cnc2-c2cccnc2)CC1. The summed E-state index contributed by atoms with van der Waals surface area (Å²) in [7, 11) is 0. The molecule has 162 valence electrons. The van der Waals surface area contributed by atoms with Crippen LogP contribution < -0.4 is 10.1 Å². The highest BCUT2D eigenvalue weighted by Gasteiger charge is 2.25. The van der Waals surface area contributed by atoms with E-state index in [1.54, 1.807) is 6.20 Å². The first-order valence-electron chi connectivity index (χ1n) is 10.9. The molecule has 0 spiro atoms. The van der Waals surface area contributed by atoms with Gasteiger partial charge in [0.25, 0.3) is 0 Å². The minimum absolute atomic E-state index is 0.0690. The molecule has 3 aromatic rings. The fourth-order valence-electron chi connectivity index (χ4n) is 4.04. The van der Waals surface area contributed by atoms with Crippen molar-refractivity contribution in [2.45, 2.75) is 33.2 Å². The Morgan fingerprint density at radius 1 is 1.16 bits per heavy atom. The number of nitrogens with one attached hydrogen (secondary N) is 1. The average molecular weight is 420 g/mol. The van der Waals surface area contributed by atoms with E-state index in [1.165, 1.54) is 0 Å². The van der Waals surface area contributed by atoms with Crippen molar-refractivity contribution in [3.8, 4) is 17.1 Å². The monoisotopic (exact) mass is 419 g/mol. The van der Waals surface area contributed by atoms with Gasteiger partial charge in [-0.1, -0.05) is 12.1 Å². The molecule has 1 aromatic carbocycles. The lowest BCUT2D eigenvalue weighted by atomic mass is 9.96. The van der Waals surface area contributed by atoms with Crippen LogP contribution in [-0.2, 0) is 6.54 Å². The molecule has 31 heavy (non-hydrogen) atoms. The van der Waals surface area contributed by atoms with Gasteiger partial charge in [0.1, 0.15) is 11.6 Å². The zero-order valence-electron chi connectivity index (χ0n) is 18.1. The summed E-state index contributed by atoms with van der Waals surface area (Å²) in [6, 6.07) is 11.5. The number of likely N-dealkylation sites (tertiary alicyclic amines) is 1. The minimum atomic E-state index is -0.0690. The Balaban J connectivity index is 1.36. The van der Waals surface area contributed by atoms with Gasteiger partial charge in [-0.3, -0.25) is 4.98 Å². The number of piperidine rings is 1. The zero-order chi connectivity index (χ0) is 21.6. The summed E-state index contributed by atoms with van der Waals surface area (Å²) in [5, 5.41) is 3.01. The molecule has 0 atom stereocenters. The Kier molecular flexibility index (Phi) is 6.50. The summed E-state index contributed by atoms with van der Waals surface area (Å²) in [6.45, 7) is 6.97. The fraction of sp³-hybridized carbons (Fsp3) is 0.375. The Labute approximate surface area is 183 Å². The first kappa shape index (κ1) is 20.9. The van der Waals surface area contributed by atoms with Crippen molar-refractivity contribution in [2.24, 2.45) is 5.92 Å². The number of hydrogen-bond acceptors (Lipinski definition) is 4. The van der Waals surface area contributed by atoms with Crippen molar-refractivity contribution in [3.63, 3.8) is 0 Å². The number of nitrogens with zero attached hydrogens (tertiary/aromatic N) is 4. The lowest BCUT2D eigenvalue weighted by molar-refractivity contribution is 0.177. The number of carbonyl (C=O) groups excluding carboxylic acids is 1. The second kappa shape index (κ2) is 9.64. The number of amides is 2. The summed E-state index contributed by atoms with van der Waals surface area (Å²) < 4.78 is 7.89. The minimum Gasteiger partial charge on any atom is -0.492 e. The highest BCUT2D eigenvalue weighted by atomic mass is 16.5. The van der Waals surface area contributed by atoms with Gasteiger partial charge < -0.3 is 19.5 Å². The molecule has 0 radical (unpaired) electrons. The molecule has 2 amide bonds. The van der Waals surface area contributed by atoms with Crippen LogP contribution in [0.5, 0.6) is 5.75 Å². The summed E-state index contributed by atoms with van der Waals surface area (Å²) in [5.74, 6) is 2.16. The van der Waals surface area contributed by atoms with E-state index < -0.39 is 0 Å². The first-order chi connectivity index (χ1) is 15.2. The third-order valence-electron chi connectivity index (χ3n) is 5.75. The van der Waals surface area contributed by atoms with Gasteiger partial charge in [-0.25, -0.2) is 9.78 Å². The maximum absolute atomic E-state index is 12.8. The number of hydrogen-bond donors (Lipinski definition) is 1. The number of aryl methyl sites for hydroxylation is 1. The number of pyridine rings is 1. The number of urea groups is 1. The number of para-hydroxylation sites is 2. The Morgan fingerprint density at radius 3 is 2.71 bits per heavy atom. The Morgan fingerprint density at radius 2 is 1.97 bits per heavy atom. The molecule has 1 N–H and O–H groups in total. The van der Waals surface area contributed by atoms with E-state index in [1.807, 2.05) is 60.6 Å². The number of aromatic nitrogens is 3. The van der Waals surface area contributed by atoms with Crippen LogP contribution in [0.25, 0.3) is 11.4 Å². The van der Waals surface area contributed by atoms with Crippen molar-refractivity contribution in [1.29, 1.82) is 0 Å². The molecule has 7 heteroatoms. The van der Waals surface area contributed by atoms with Crippen LogP contribution in [0, 0.1) is 12.8 Å². The van der Waals surface area contributed by atoms with E-state index in [0.29, 0.717) is 24.0 Å². The van der Waals surface area contributed by atoms with Crippen LogP contribution in [0.3, 0.4) is 0 Å². The topological polar surface area (TPSA) is 72.3 Å². The molecule has 2 aromatic heterocycles. The van der Waals surface area contributed by atoms with Gasteiger partial charge in [-0.15, -0.1) is 0 Å². The number of imidazole rings is 1. The lowest BCUT2D eigenvalue weighted by Gasteiger charge is -2.32. The third-order valence-corrected chi connectivity index (χ3v) is 5.75. The van der Waals surface area contributed by atoms with Gasteiger partial charge >= 0.3 is 6.03 Å². The summed E-state index contributed by atoms with van der Waals surface area (Å²) in [5.41, 5.74) is 2.89. The van der Waals surface area contributed by atoms with Gasteiger partial charge in [0.05, 0.1) is 12.3 Å². The van der Waals surface area contributed by atoms with Crippen molar-refractivity contribution < 1.29 is 9.53 Å². The number of carbonyl (C=O) groups is 1. The van der Waals surface area contributed by atoms with Crippen LogP contribution >= 0.6 is 0 Å². The predicted octanol–water partition coefficient (Wildman–Crippen LogP) is 4.60. The van der Waals surface area contributed by atoms with Crippen molar-refractivity contribution in [2.75, 3.05) is 25.0 Å². The molecule has 1 fully saturated rings. The fourth-order valence-corrected chi connectivity index (χ4v) is 4.04. The lowest BCUT2D eigenvalue weighted by Crippen LogP contribution is -2.41. The molecule has 3 heterocycles. The van der Waals surface area contributed by atoms with E-state index in [9.17, 15) is 4.79 Å². The average Bonchev–Trinajstić information content (AvgIpc) is 3.16. The highest BCUT2D eigenvalue weighted by molar-refractivity contribution is 5.91. The predicted molar refractivity (Wildman–Crippen MR) is 121 cm³/mol. The van der Waals surface area contributed by atoms with Crippen LogP contribution in [0.15, 0.2) is 55.0 Å². The van der Waals surface area contributed by atoms with E-state index in [2.05, 4.69) is 26.8 Å². The van der Waals surface area contributed by atoms with E-state index in [-0.39, 0.29) is 6.03 Å². The van der Waals surface area contributed by atoms with Crippen molar-refractivity contribution >= 4 is 11.7 Å². The number of rotatable bonds is 6.